The molecule has 1 N–H and O–H groups in total. The SMILES string of the molecule is Cc1ccc(-c2csc(N/N=C\c3ccccc3Br)n2)cc1C. The molecule has 1 heterocycles. The summed E-state index contributed by atoms with van der Waals surface area (Å²) in [5, 5.41) is 7.08. The Bertz CT molecular complexity index is 855. The Morgan fingerprint density at radius 1 is 1.13 bits per heavy atom. The van der Waals surface area contributed by atoms with E-state index in [4.69, 9.17) is 0 Å². The van der Waals surface area contributed by atoms with Crippen LogP contribution in [0.2, 0.25) is 0 Å². The predicted octanol–water partition coefficient (Wildman–Crippen LogP) is 5.64. The number of anilines is 1. The third-order valence-electron chi connectivity index (χ3n) is 3.58. The molecule has 0 unspecified atom stereocenters. The summed E-state index contributed by atoms with van der Waals surface area (Å²) in [5.41, 5.74) is 8.68. The Kier molecular flexibility index (Phi) is 4.88. The van der Waals surface area contributed by atoms with E-state index >= 15 is 0 Å². The van der Waals surface area contributed by atoms with Crippen molar-refractivity contribution in [1.82, 2.24) is 4.98 Å². The number of halogens is 1. The standard InChI is InChI=1S/C18H16BrN3S/c1-12-7-8-14(9-13(12)2)17-11-23-18(21-17)22-20-10-15-5-3-4-6-16(15)19/h3-11H,1-2H3,(H,21,22)/b20-10-. The zero-order valence-electron chi connectivity index (χ0n) is 12.9. The molecule has 0 saturated heterocycles. The first-order valence-electron chi connectivity index (χ1n) is 7.20. The number of nitrogens with one attached hydrogen (secondary N) is 1. The van der Waals surface area contributed by atoms with E-state index < -0.39 is 0 Å². The molecule has 0 amide bonds. The van der Waals surface area contributed by atoms with Gasteiger partial charge in [-0.25, -0.2) is 4.98 Å². The molecule has 23 heavy (non-hydrogen) atoms. The molecule has 3 aromatic rings. The van der Waals surface area contributed by atoms with E-state index in [1.807, 2.05) is 29.6 Å². The van der Waals surface area contributed by atoms with E-state index in [1.54, 1.807) is 17.6 Å². The summed E-state index contributed by atoms with van der Waals surface area (Å²) >= 11 is 5.04. The van der Waals surface area contributed by atoms with Crippen LogP contribution in [0.25, 0.3) is 11.3 Å². The van der Waals surface area contributed by atoms with Gasteiger partial charge in [-0.05, 0) is 37.1 Å². The lowest BCUT2D eigenvalue weighted by Gasteiger charge is -2.02. The molecular formula is C18H16BrN3S. The third-order valence-corrected chi connectivity index (χ3v) is 5.05. The minimum absolute atomic E-state index is 0.779. The molecule has 0 aliphatic carbocycles. The predicted molar refractivity (Wildman–Crippen MR) is 102 cm³/mol. The number of nitrogens with zero attached hydrogens (tertiary/aromatic N) is 2. The topological polar surface area (TPSA) is 37.3 Å². The van der Waals surface area contributed by atoms with Crippen molar-refractivity contribution in [2.75, 3.05) is 5.43 Å². The maximum absolute atomic E-state index is 4.59. The number of benzene rings is 2. The van der Waals surface area contributed by atoms with Crippen LogP contribution >= 0.6 is 27.3 Å². The number of aromatic nitrogens is 1. The number of hydrogen-bond donors (Lipinski definition) is 1. The van der Waals surface area contributed by atoms with Gasteiger partial charge in [-0.2, -0.15) is 5.10 Å². The first kappa shape index (κ1) is 15.9. The van der Waals surface area contributed by atoms with Crippen LogP contribution < -0.4 is 5.43 Å². The smallest absolute Gasteiger partial charge is 0.203 e. The van der Waals surface area contributed by atoms with Crippen molar-refractivity contribution >= 4 is 38.6 Å². The first-order valence-corrected chi connectivity index (χ1v) is 8.87. The minimum atomic E-state index is 0.779. The first-order chi connectivity index (χ1) is 11.1. The highest BCUT2D eigenvalue weighted by atomic mass is 79.9. The van der Waals surface area contributed by atoms with Crippen molar-refractivity contribution in [3.05, 3.63) is 69.0 Å². The molecule has 0 saturated carbocycles. The fourth-order valence-electron chi connectivity index (χ4n) is 2.10. The van der Waals surface area contributed by atoms with E-state index in [2.05, 4.69) is 63.5 Å². The summed E-state index contributed by atoms with van der Waals surface area (Å²) in [6.45, 7) is 4.23. The van der Waals surface area contributed by atoms with E-state index in [9.17, 15) is 0 Å². The highest BCUT2D eigenvalue weighted by molar-refractivity contribution is 9.10. The summed E-state index contributed by atoms with van der Waals surface area (Å²) in [4.78, 5) is 4.59. The average Bonchev–Trinajstić information content (AvgIpc) is 3.01. The summed E-state index contributed by atoms with van der Waals surface area (Å²) < 4.78 is 1.01. The second-order valence-corrected chi connectivity index (χ2v) is 6.94. The normalized spacial score (nSPS) is 11.1. The monoisotopic (exact) mass is 385 g/mol. The van der Waals surface area contributed by atoms with Gasteiger partial charge in [-0.15, -0.1) is 11.3 Å². The lowest BCUT2D eigenvalue weighted by atomic mass is 10.1. The van der Waals surface area contributed by atoms with Crippen molar-refractivity contribution in [3.8, 4) is 11.3 Å². The van der Waals surface area contributed by atoms with Crippen LogP contribution in [0.1, 0.15) is 16.7 Å². The molecule has 3 rings (SSSR count). The molecule has 0 spiro atoms. The third kappa shape index (κ3) is 3.86. The summed E-state index contributed by atoms with van der Waals surface area (Å²) in [5.74, 6) is 0. The molecule has 116 valence electrons. The van der Waals surface area contributed by atoms with Crippen molar-refractivity contribution in [2.24, 2.45) is 5.10 Å². The molecule has 0 aliphatic rings. The molecule has 0 atom stereocenters. The van der Waals surface area contributed by atoms with Crippen LogP contribution in [0, 0.1) is 13.8 Å². The molecule has 3 nitrogen and oxygen atoms in total. The number of rotatable bonds is 4. The summed E-state index contributed by atoms with van der Waals surface area (Å²) in [7, 11) is 0. The van der Waals surface area contributed by atoms with Gasteiger partial charge in [0.05, 0.1) is 11.9 Å². The van der Waals surface area contributed by atoms with Crippen molar-refractivity contribution in [1.29, 1.82) is 0 Å². The Morgan fingerprint density at radius 2 is 1.96 bits per heavy atom. The second kappa shape index (κ2) is 7.06. The Balaban J connectivity index is 1.72. The second-order valence-electron chi connectivity index (χ2n) is 5.23. The van der Waals surface area contributed by atoms with Crippen LogP contribution in [-0.4, -0.2) is 11.2 Å². The lowest BCUT2D eigenvalue weighted by Crippen LogP contribution is -1.91. The summed E-state index contributed by atoms with van der Waals surface area (Å²) in [6.07, 6.45) is 1.78. The van der Waals surface area contributed by atoms with Gasteiger partial charge in [-0.3, -0.25) is 5.43 Å². The van der Waals surface area contributed by atoms with E-state index in [-0.39, 0.29) is 0 Å². The zero-order chi connectivity index (χ0) is 16.2. The molecule has 0 radical (unpaired) electrons. The number of aryl methyl sites for hydroxylation is 2. The Morgan fingerprint density at radius 3 is 2.74 bits per heavy atom. The van der Waals surface area contributed by atoms with Gasteiger partial charge in [-0.1, -0.05) is 46.3 Å². The highest BCUT2D eigenvalue weighted by Gasteiger charge is 2.05. The molecule has 0 aliphatic heterocycles. The van der Waals surface area contributed by atoms with Crippen LogP contribution in [-0.2, 0) is 0 Å². The van der Waals surface area contributed by atoms with Gasteiger partial charge in [0, 0.05) is 21.0 Å². The van der Waals surface area contributed by atoms with Gasteiger partial charge in [0.15, 0.2) is 0 Å². The zero-order valence-corrected chi connectivity index (χ0v) is 15.3. The Labute approximate surface area is 148 Å². The van der Waals surface area contributed by atoms with Crippen molar-refractivity contribution < 1.29 is 0 Å². The van der Waals surface area contributed by atoms with Crippen LogP contribution in [0.3, 0.4) is 0 Å². The minimum Gasteiger partial charge on any atom is -0.253 e. The molecule has 5 heteroatoms. The lowest BCUT2D eigenvalue weighted by molar-refractivity contribution is 1.28. The van der Waals surface area contributed by atoms with Gasteiger partial charge in [0.2, 0.25) is 5.13 Å². The Hall–Kier alpha value is -1.98. The van der Waals surface area contributed by atoms with Gasteiger partial charge in [0.25, 0.3) is 0 Å². The van der Waals surface area contributed by atoms with Gasteiger partial charge in [0.1, 0.15) is 0 Å². The number of hydrazone groups is 1. The largest absolute Gasteiger partial charge is 0.253 e. The van der Waals surface area contributed by atoms with Crippen LogP contribution in [0.4, 0.5) is 5.13 Å². The van der Waals surface area contributed by atoms with Crippen LogP contribution in [0.15, 0.2) is 57.4 Å². The molecule has 1 aromatic heterocycles. The van der Waals surface area contributed by atoms with Crippen molar-refractivity contribution in [3.63, 3.8) is 0 Å². The number of thiazole rings is 1. The van der Waals surface area contributed by atoms with Crippen LogP contribution in [0.5, 0.6) is 0 Å². The molecular weight excluding hydrogens is 370 g/mol. The maximum atomic E-state index is 4.59. The van der Waals surface area contributed by atoms with Gasteiger partial charge < -0.3 is 0 Å². The van der Waals surface area contributed by atoms with E-state index in [0.717, 1.165) is 26.4 Å². The fraction of sp³-hybridized carbons (Fsp3) is 0.111. The van der Waals surface area contributed by atoms with E-state index in [1.165, 1.54) is 11.1 Å². The number of hydrogen-bond acceptors (Lipinski definition) is 4. The van der Waals surface area contributed by atoms with Gasteiger partial charge >= 0.3 is 0 Å². The highest BCUT2D eigenvalue weighted by Crippen LogP contribution is 2.26. The molecule has 2 aromatic carbocycles. The summed E-state index contributed by atoms with van der Waals surface area (Å²) in [6, 6.07) is 14.3. The molecule has 0 fully saturated rings. The average molecular weight is 386 g/mol. The maximum Gasteiger partial charge on any atom is 0.203 e. The quantitative estimate of drug-likeness (QED) is 0.466. The molecule has 0 bridgehead atoms. The van der Waals surface area contributed by atoms with E-state index in [0.29, 0.717) is 0 Å². The fourth-order valence-corrected chi connectivity index (χ4v) is 3.15. The van der Waals surface area contributed by atoms with Crippen molar-refractivity contribution in [2.45, 2.75) is 13.8 Å².